The molecule has 2 aromatic carbocycles. The largest absolute Gasteiger partial charge is 0.325 e. The summed E-state index contributed by atoms with van der Waals surface area (Å²) in [6.45, 7) is 1.86. The predicted molar refractivity (Wildman–Crippen MR) is 106 cm³/mol. The van der Waals surface area contributed by atoms with Crippen LogP contribution in [0.4, 0.5) is 5.69 Å². The zero-order chi connectivity index (χ0) is 19.0. The number of fused-ring (bicyclic) bond motifs is 2. The maximum Gasteiger partial charge on any atom is 0.243 e. The lowest BCUT2D eigenvalue weighted by molar-refractivity contribution is -0.120. The molecular weight excluding hydrogens is 360 g/mol. The van der Waals surface area contributed by atoms with Crippen molar-refractivity contribution in [3.63, 3.8) is 0 Å². The van der Waals surface area contributed by atoms with Gasteiger partial charge in [-0.2, -0.15) is 4.31 Å². The molecule has 1 aliphatic carbocycles. The van der Waals surface area contributed by atoms with Gasteiger partial charge in [-0.05, 0) is 67.0 Å². The maximum absolute atomic E-state index is 13.0. The van der Waals surface area contributed by atoms with Crippen molar-refractivity contribution in [2.75, 3.05) is 11.1 Å². The minimum atomic E-state index is -3.49. The number of carbonyl (C=O) groups excluding carboxylic acids is 1. The minimum absolute atomic E-state index is 0.0161. The molecule has 0 radical (unpaired) electrons. The molecule has 5 nitrogen and oxygen atoms in total. The minimum Gasteiger partial charge on any atom is -0.325 e. The summed E-state index contributed by atoms with van der Waals surface area (Å²) in [6, 6.07) is 13.0. The standard InChI is InChI=1S/C21H24N2O3S/c1-2-27(25,26)23-14-18-7-4-3-6-17(18)13-20(23)21(24)22-19-11-10-15-8-5-9-16(15)12-19/h3-4,6-7,10-12,20H,2,5,8-9,13-14H2,1H3,(H,22,24)/t20-/m0/s1. The van der Waals surface area contributed by atoms with E-state index in [0.717, 1.165) is 36.1 Å². The number of anilines is 1. The Bertz CT molecular complexity index is 985. The first-order valence-electron chi connectivity index (χ1n) is 9.47. The number of rotatable bonds is 4. The van der Waals surface area contributed by atoms with Crippen molar-refractivity contribution in [1.82, 2.24) is 4.31 Å². The highest BCUT2D eigenvalue weighted by Gasteiger charge is 2.38. The third kappa shape index (κ3) is 3.51. The van der Waals surface area contributed by atoms with Gasteiger partial charge in [-0.3, -0.25) is 4.79 Å². The molecule has 2 aliphatic rings. The summed E-state index contributed by atoms with van der Waals surface area (Å²) in [5, 5.41) is 2.95. The second-order valence-electron chi connectivity index (χ2n) is 7.26. The Balaban J connectivity index is 1.62. The fraction of sp³-hybridized carbons (Fsp3) is 0.381. The number of hydrogen-bond acceptors (Lipinski definition) is 3. The summed E-state index contributed by atoms with van der Waals surface area (Å²) in [7, 11) is -3.49. The Morgan fingerprint density at radius 2 is 1.81 bits per heavy atom. The number of hydrogen-bond donors (Lipinski definition) is 1. The van der Waals surface area contributed by atoms with Crippen molar-refractivity contribution in [2.24, 2.45) is 0 Å². The normalized spacial score (nSPS) is 19.4. The Kier molecular flexibility index (Phi) is 4.78. The Labute approximate surface area is 160 Å². The van der Waals surface area contributed by atoms with E-state index >= 15 is 0 Å². The Hall–Kier alpha value is -2.18. The first-order chi connectivity index (χ1) is 13.0. The highest BCUT2D eigenvalue weighted by atomic mass is 32.2. The van der Waals surface area contributed by atoms with E-state index in [4.69, 9.17) is 0 Å². The van der Waals surface area contributed by atoms with Gasteiger partial charge in [0.25, 0.3) is 0 Å². The summed E-state index contributed by atoms with van der Waals surface area (Å²) in [5.74, 6) is -0.280. The van der Waals surface area contributed by atoms with Crippen LogP contribution in [-0.4, -0.2) is 30.4 Å². The lowest BCUT2D eigenvalue weighted by Gasteiger charge is -2.34. The number of amides is 1. The van der Waals surface area contributed by atoms with Gasteiger partial charge in [0.15, 0.2) is 0 Å². The first-order valence-corrected chi connectivity index (χ1v) is 11.1. The zero-order valence-corrected chi connectivity index (χ0v) is 16.3. The SMILES string of the molecule is CCS(=O)(=O)N1Cc2ccccc2C[C@H]1C(=O)Nc1ccc2c(c1)CCC2. The highest BCUT2D eigenvalue weighted by molar-refractivity contribution is 7.89. The zero-order valence-electron chi connectivity index (χ0n) is 15.4. The topological polar surface area (TPSA) is 66.5 Å². The van der Waals surface area contributed by atoms with E-state index in [9.17, 15) is 13.2 Å². The van der Waals surface area contributed by atoms with Crippen LogP contribution in [0.2, 0.25) is 0 Å². The summed E-state index contributed by atoms with van der Waals surface area (Å²) in [4.78, 5) is 13.0. The summed E-state index contributed by atoms with van der Waals surface area (Å²) in [5.41, 5.74) is 5.37. The molecule has 1 heterocycles. The Morgan fingerprint density at radius 1 is 1.07 bits per heavy atom. The highest BCUT2D eigenvalue weighted by Crippen LogP contribution is 2.28. The number of benzene rings is 2. The maximum atomic E-state index is 13.0. The molecule has 0 bridgehead atoms. The van der Waals surface area contributed by atoms with E-state index in [-0.39, 0.29) is 18.2 Å². The van der Waals surface area contributed by atoms with E-state index < -0.39 is 16.1 Å². The van der Waals surface area contributed by atoms with Crippen LogP contribution in [0.3, 0.4) is 0 Å². The van der Waals surface area contributed by atoms with Crippen molar-refractivity contribution >= 4 is 21.6 Å². The van der Waals surface area contributed by atoms with Gasteiger partial charge < -0.3 is 5.32 Å². The molecule has 0 aromatic heterocycles. The van der Waals surface area contributed by atoms with Crippen LogP contribution < -0.4 is 5.32 Å². The van der Waals surface area contributed by atoms with Crippen molar-refractivity contribution in [1.29, 1.82) is 0 Å². The summed E-state index contributed by atoms with van der Waals surface area (Å²) in [6.07, 6.45) is 3.67. The average Bonchev–Trinajstić information content (AvgIpc) is 3.14. The van der Waals surface area contributed by atoms with Gasteiger partial charge >= 0.3 is 0 Å². The molecule has 142 valence electrons. The van der Waals surface area contributed by atoms with Crippen molar-refractivity contribution in [3.05, 3.63) is 64.7 Å². The molecule has 1 amide bonds. The van der Waals surface area contributed by atoms with E-state index in [1.165, 1.54) is 15.4 Å². The fourth-order valence-electron chi connectivity index (χ4n) is 4.06. The molecule has 0 spiro atoms. The monoisotopic (exact) mass is 384 g/mol. The molecule has 0 unspecified atom stereocenters. The summed E-state index contributed by atoms with van der Waals surface area (Å²) >= 11 is 0. The van der Waals surface area contributed by atoms with Crippen LogP contribution in [0.1, 0.15) is 35.6 Å². The first kappa shape index (κ1) is 18.2. The van der Waals surface area contributed by atoms with Gasteiger partial charge in [-0.25, -0.2) is 8.42 Å². The molecule has 2 aromatic rings. The van der Waals surface area contributed by atoms with Gasteiger partial charge in [-0.15, -0.1) is 0 Å². The lowest BCUT2D eigenvalue weighted by atomic mass is 9.95. The van der Waals surface area contributed by atoms with Crippen LogP contribution >= 0.6 is 0 Å². The van der Waals surface area contributed by atoms with Crippen LogP contribution in [0.15, 0.2) is 42.5 Å². The molecular formula is C21H24N2O3S. The molecule has 6 heteroatoms. The van der Waals surface area contributed by atoms with Gasteiger partial charge in [0, 0.05) is 12.2 Å². The van der Waals surface area contributed by atoms with E-state index in [1.54, 1.807) is 6.92 Å². The number of aryl methyl sites for hydroxylation is 2. The Morgan fingerprint density at radius 3 is 2.59 bits per heavy atom. The van der Waals surface area contributed by atoms with Crippen molar-refractivity contribution in [3.8, 4) is 0 Å². The van der Waals surface area contributed by atoms with Crippen molar-refractivity contribution in [2.45, 2.75) is 45.2 Å². The number of sulfonamides is 1. The quantitative estimate of drug-likeness (QED) is 0.881. The van der Waals surface area contributed by atoms with Crippen LogP contribution in [0.25, 0.3) is 0 Å². The number of nitrogens with one attached hydrogen (secondary N) is 1. The summed E-state index contributed by atoms with van der Waals surface area (Å²) < 4.78 is 26.6. The van der Waals surface area contributed by atoms with Crippen molar-refractivity contribution < 1.29 is 13.2 Å². The molecule has 1 atom stereocenters. The smallest absolute Gasteiger partial charge is 0.243 e. The number of carbonyl (C=O) groups is 1. The van der Waals surface area contributed by atoms with E-state index in [1.807, 2.05) is 36.4 Å². The molecule has 1 aliphatic heterocycles. The molecule has 0 saturated carbocycles. The molecule has 4 rings (SSSR count). The fourth-order valence-corrected chi connectivity index (χ4v) is 5.28. The van der Waals surface area contributed by atoms with Gasteiger partial charge in [0.1, 0.15) is 6.04 Å². The average molecular weight is 385 g/mol. The molecule has 1 N–H and O–H groups in total. The van der Waals surface area contributed by atoms with Gasteiger partial charge in [0.2, 0.25) is 15.9 Å². The van der Waals surface area contributed by atoms with Crippen LogP contribution in [0.5, 0.6) is 0 Å². The second-order valence-corrected chi connectivity index (χ2v) is 9.47. The predicted octanol–water partition coefficient (Wildman–Crippen LogP) is 2.89. The second kappa shape index (κ2) is 7.09. The molecule has 27 heavy (non-hydrogen) atoms. The van der Waals surface area contributed by atoms with E-state index in [2.05, 4.69) is 11.4 Å². The molecule has 0 fully saturated rings. The van der Waals surface area contributed by atoms with Crippen LogP contribution in [0, 0.1) is 0 Å². The third-order valence-electron chi connectivity index (χ3n) is 5.60. The van der Waals surface area contributed by atoms with Crippen LogP contribution in [-0.2, 0) is 40.6 Å². The van der Waals surface area contributed by atoms with E-state index in [0.29, 0.717) is 6.42 Å². The van der Waals surface area contributed by atoms with Gasteiger partial charge in [-0.1, -0.05) is 30.3 Å². The third-order valence-corrected chi connectivity index (χ3v) is 7.42. The number of nitrogens with zero attached hydrogens (tertiary/aromatic N) is 1. The van der Waals surface area contributed by atoms with Gasteiger partial charge in [0.05, 0.1) is 5.75 Å². The lowest BCUT2D eigenvalue weighted by Crippen LogP contribution is -2.51. The molecule has 0 saturated heterocycles.